The van der Waals surface area contributed by atoms with Gasteiger partial charge in [-0.25, -0.2) is 0 Å². The third kappa shape index (κ3) is 3.05. The SMILES string of the molecule is COc1cc(N2CCOC(CN)C2)c(OC)cc1Cl. The molecule has 2 N–H and O–H groups in total. The quantitative estimate of drug-likeness (QED) is 0.909. The van der Waals surface area contributed by atoms with Gasteiger partial charge in [0.05, 0.1) is 37.6 Å². The maximum Gasteiger partial charge on any atom is 0.143 e. The number of anilines is 1. The van der Waals surface area contributed by atoms with Gasteiger partial charge in [-0.15, -0.1) is 0 Å². The lowest BCUT2D eigenvalue weighted by Gasteiger charge is -2.34. The van der Waals surface area contributed by atoms with Crippen LogP contribution in [0.2, 0.25) is 5.02 Å². The number of morpholine rings is 1. The van der Waals surface area contributed by atoms with E-state index < -0.39 is 0 Å². The normalized spacial score (nSPS) is 19.4. The first-order chi connectivity index (χ1) is 9.19. The zero-order chi connectivity index (χ0) is 13.8. The van der Waals surface area contributed by atoms with Crippen LogP contribution in [0, 0.1) is 0 Å². The van der Waals surface area contributed by atoms with Crippen LogP contribution >= 0.6 is 11.6 Å². The highest BCUT2D eigenvalue weighted by Crippen LogP contribution is 2.38. The van der Waals surface area contributed by atoms with Crippen LogP contribution in [0.3, 0.4) is 0 Å². The highest BCUT2D eigenvalue weighted by atomic mass is 35.5. The number of nitrogens with two attached hydrogens (primary N) is 1. The molecular formula is C13H19ClN2O3. The molecule has 1 fully saturated rings. The molecule has 5 nitrogen and oxygen atoms in total. The van der Waals surface area contributed by atoms with Crippen molar-refractivity contribution in [1.29, 1.82) is 0 Å². The largest absolute Gasteiger partial charge is 0.495 e. The molecule has 1 aromatic rings. The predicted octanol–water partition coefficient (Wildman–Crippen LogP) is 1.52. The first kappa shape index (κ1) is 14.2. The average Bonchev–Trinajstić information content (AvgIpc) is 2.46. The summed E-state index contributed by atoms with van der Waals surface area (Å²) in [5.41, 5.74) is 6.62. The molecule has 1 aromatic carbocycles. The summed E-state index contributed by atoms with van der Waals surface area (Å²) in [5.74, 6) is 1.36. The molecule has 0 aliphatic carbocycles. The first-order valence-electron chi connectivity index (χ1n) is 6.17. The van der Waals surface area contributed by atoms with Gasteiger partial charge in [0.1, 0.15) is 11.5 Å². The second-order valence-electron chi connectivity index (χ2n) is 4.33. The molecule has 1 atom stereocenters. The zero-order valence-corrected chi connectivity index (χ0v) is 11.9. The van der Waals surface area contributed by atoms with E-state index in [4.69, 9.17) is 31.5 Å². The van der Waals surface area contributed by atoms with Crippen molar-refractivity contribution < 1.29 is 14.2 Å². The summed E-state index contributed by atoms with van der Waals surface area (Å²) in [7, 11) is 3.22. The van der Waals surface area contributed by atoms with Gasteiger partial charge in [-0.2, -0.15) is 0 Å². The van der Waals surface area contributed by atoms with Gasteiger partial charge in [-0.05, 0) is 0 Å². The lowest BCUT2D eigenvalue weighted by molar-refractivity contribution is 0.0464. The first-order valence-corrected chi connectivity index (χ1v) is 6.55. The number of halogens is 1. The van der Waals surface area contributed by atoms with Gasteiger partial charge >= 0.3 is 0 Å². The fraction of sp³-hybridized carbons (Fsp3) is 0.538. The van der Waals surface area contributed by atoms with Gasteiger partial charge in [-0.1, -0.05) is 11.6 Å². The molecule has 1 aliphatic heterocycles. The van der Waals surface area contributed by atoms with Crippen LogP contribution in [-0.2, 0) is 4.74 Å². The Morgan fingerprint density at radius 1 is 1.37 bits per heavy atom. The molecule has 1 unspecified atom stereocenters. The van der Waals surface area contributed by atoms with Crippen LogP contribution in [-0.4, -0.2) is 46.6 Å². The lowest BCUT2D eigenvalue weighted by Crippen LogP contribution is -2.45. The molecule has 1 saturated heterocycles. The van der Waals surface area contributed by atoms with Gasteiger partial charge in [0.15, 0.2) is 0 Å². The number of ether oxygens (including phenoxy) is 3. The van der Waals surface area contributed by atoms with Gasteiger partial charge in [0.25, 0.3) is 0 Å². The van der Waals surface area contributed by atoms with E-state index in [0.717, 1.165) is 24.5 Å². The van der Waals surface area contributed by atoms with Gasteiger partial charge in [-0.3, -0.25) is 0 Å². The van der Waals surface area contributed by atoms with Crippen molar-refractivity contribution >= 4 is 17.3 Å². The Hall–Kier alpha value is -1.17. The molecule has 6 heteroatoms. The molecule has 1 aliphatic rings. The van der Waals surface area contributed by atoms with E-state index in [9.17, 15) is 0 Å². The third-order valence-corrected chi connectivity index (χ3v) is 3.49. The lowest BCUT2D eigenvalue weighted by atomic mass is 10.2. The molecular weight excluding hydrogens is 268 g/mol. The number of hydrogen-bond acceptors (Lipinski definition) is 5. The van der Waals surface area contributed by atoms with Crippen molar-refractivity contribution in [3.8, 4) is 11.5 Å². The van der Waals surface area contributed by atoms with Crippen molar-refractivity contribution in [2.45, 2.75) is 6.10 Å². The highest BCUT2D eigenvalue weighted by Gasteiger charge is 2.23. The van der Waals surface area contributed by atoms with Crippen molar-refractivity contribution in [2.75, 3.05) is 45.4 Å². The maximum atomic E-state index is 6.11. The van der Waals surface area contributed by atoms with Crippen molar-refractivity contribution in [3.05, 3.63) is 17.2 Å². The van der Waals surface area contributed by atoms with E-state index in [-0.39, 0.29) is 6.10 Å². The van der Waals surface area contributed by atoms with Crippen molar-refractivity contribution in [2.24, 2.45) is 5.73 Å². The Balaban J connectivity index is 2.31. The summed E-state index contributed by atoms with van der Waals surface area (Å²) in [6.07, 6.45) is 0.0418. The molecule has 0 aromatic heterocycles. The van der Waals surface area contributed by atoms with E-state index in [0.29, 0.717) is 23.9 Å². The minimum Gasteiger partial charge on any atom is -0.495 e. The molecule has 0 bridgehead atoms. The van der Waals surface area contributed by atoms with Crippen LogP contribution in [0.15, 0.2) is 12.1 Å². The molecule has 1 heterocycles. The van der Waals surface area contributed by atoms with Crippen LogP contribution in [0.25, 0.3) is 0 Å². The Morgan fingerprint density at radius 3 is 2.74 bits per heavy atom. The summed E-state index contributed by atoms with van der Waals surface area (Å²) in [5, 5.41) is 0.534. The van der Waals surface area contributed by atoms with Crippen LogP contribution < -0.4 is 20.1 Å². The summed E-state index contributed by atoms with van der Waals surface area (Å²) in [4.78, 5) is 2.18. The molecule has 0 amide bonds. The van der Waals surface area contributed by atoms with E-state index in [1.165, 1.54) is 0 Å². The number of rotatable bonds is 4. The fourth-order valence-corrected chi connectivity index (χ4v) is 2.40. The Labute approximate surface area is 118 Å². The van der Waals surface area contributed by atoms with E-state index >= 15 is 0 Å². The van der Waals surface area contributed by atoms with Crippen molar-refractivity contribution in [1.82, 2.24) is 0 Å². The summed E-state index contributed by atoms with van der Waals surface area (Å²) in [6, 6.07) is 3.66. The Bertz CT molecular complexity index is 442. The smallest absolute Gasteiger partial charge is 0.143 e. The number of hydrogen-bond donors (Lipinski definition) is 1. The number of nitrogens with zero attached hydrogens (tertiary/aromatic N) is 1. The molecule has 106 valence electrons. The highest BCUT2D eigenvalue weighted by molar-refractivity contribution is 6.32. The molecule has 0 radical (unpaired) electrons. The molecule has 0 saturated carbocycles. The minimum absolute atomic E-state index is 0.0418. The standard InChI is InChI=1S/C13H19ClN2O3/c1-17-12-6-11(13(18-2)5-10(12)14)16-3-4-19-9(7-15)8-16/h5-6,9H,3-4,7-8,15H2,1-2H3. The predicted molar refractivity (Wildman–Crippen MR) is 75.6 cm³/mol. The summed E-state index contributed by atoms with van der Waals surface area (Å²) in [6.45, 7) is 2.68. The Kier molecular flexibility index (Phi) is 4.74. The van der Waals surface area contributed by atoms with E-state index in [2.05, 4.69) is 4.90 Å². The number of benzene rings is 1. The van der Waals surface area contributed by atoms with Crippen LogP contribution in [0.4, 0.5) is 5.69 Å². The van der Waals surface area contributed by atoms with E-state index in [1.807, 2.05) is 6.07 Å². The molecule has 19 heavy (non-hydrogen) atoms. The second-order valence-corrected chi connectivity index (χ2v) is 4.74. The maximum absolute atomic E-state index is 6.11. The van der Waals surface area contributed by atoms with Gasteiger partial charge in [0, 0.05) is 31.8 Å². The van der Waals surface area contributed by atoms with Crippen LogP contribution in [0.5, 0.6) is 11.5 Å². The number of methoxy groups -OCH3 is 2. The molecule has 2 rings (SSSR count). The second kappa shape index (κ2) is 6.32. The topological polar surface area (TPSA) is 57.0 Å². The van der Waals surface area contributed by atoms with Crippen LogP contribution in [0.1, 0.15) is 0 Å². The minimum atomic E-state index is 0.0418. The average molecular weight is 287 g/mol. The summed E-state index contributed by atoms with van der Waals surface area (Å²) < 4.78 is 16.2. The van der Waals surface area contributed by atoms with E-state index in [1.54, 1.807) is 20.3 Å². The molecule has 0 spiro atoms. The third-order valence-electron chi connectivity index (χ3n) is 3.20. The van der Waals surface area contributed by atoms with Crippen molar-refractivity contribution in [3.63, 3.8) is 0 Å². The van der Waals surface area contributed by atoms with Gasteiger partial charge in [0.2, 0.25) is 0 Å². The Morgan fingerprint density at radius 2 is 2.11 bits per heavy atom. The fourth-order valence-electron chi connectivity index (χ4n) is 2.17. The summed E-state index contributed by atoms with van der Waals surface area (Å²) >= 11 is 6.11. The van der Waals surface area contributed by atoms with Gasteiger partial charge < -0.3 is 24.8 Å². The monoisotopic (exact) mass is 286 g/mol. The zero-order valence-electron chi connectivity index (χ0n) is 11.2.